The fourth-order valence-corrected chi connectivity index (χ4v) is 4.13. The van der Waals surface area contributed by atoms with Crippen LogP contribution in [0.5, 0.6) is 0 Å². The van der Waals surface area contributed by atoms with Gasteiger partial charge >= 0.3 is 0 Å². The molecule has 0 N–H and O–H groups in total. The number of ether oxygens (including phenoxy) is 2. The lowest BCUT2D eigenvalue weighted by Crippen LogP contribution is -2.49. The lowest BCUT2D eigenvalue weighted by atomic mass is 9.76. The van der Waals surface area contributed by atoms with E-state index in [1.165, 1.54) is 38.5 Å². The summed E-state index contributed by atoms with van der Waals surface area (Å²) < 4.78 is 12.1. The van der Waals surface area contributed by atoms with Gasteiger partial charge in [-0.15, -0.1) is 0 Å². The van der Waals surface area contributed by atoms with Gasteiger partial charge in [0, 0.05) is 32.0 Å². The van der Waals surface area contributed by atoms with E-state index in [4.69, 9.17) is 9.47 Å². The van der Waals surface area contributed by atoms with Crippen molar-refractivity contribution in [3.8, 4) is 0 Å². The van der Waals surface area contributed by atoms with E-state index in [1.807, 2.05) is 0 Å². The van der Waals surface area contributed by atoms with Crippen LogP contribution in [0.1, 0.15) is 51.9 Å². The number of hydrogen-bond acceptors (Lipinski definition) is 2. The highest BCUT2D eigenvalue weighted by molar-refractivity contribution is 5.25. The van der Waals surface area contributed by atoms with Gasteiger partial charge in [0.05, 0.1) is 0 Å². The predicted octanol–water partition coefficient (Wildman–Crippen LogP) is 5.83. The summed E-state index contributed by atoms with van der Waals surface area (Å²) in [5.41, 5.74) is 0. The fourth-order valence-electron chi connectivity index (χ4n) is 4.13. The highest BCUT2D eigenvalue weighted by atomic mass is 16.7. The molecule has 2 aliphatic carbocycles. The van der Waals surface area contributed by atoms with E-state index >= 15 is 0 Å². The minimum absolute atomic E-state index is 0.181. The molecule has 0 aromatic rings. The molecule has 2 heteroatoms. The van der Waals surface area contributed by atoms with Crippen LogP contribution < -0.4 is 0 Å². The number of rotatable bonds is 12. The molecule has 0 amide bonds. The molecule has 0 fully saturated rings. The number of methoxy groups -OCH3 is 2. The van der Waals surface area contributed by atoms with E-state index in [2.05, 4.69) is 55.5 Å². The van der Waals surface area contributed by atoms with Gasteiger partial charge in [-0.25, -0.2) is 0 Å². The summed E-state index contributed by atoms with van der Waals surface area (Å²) in [4.78, 5) is 0. The van der Waals surface area contributed by atoms with Gasteiger partial charge in [0.2, 0.25) is 0 Å². The smallest absolute Gasteiger partial charge is 0.180 e. The van der Waals surface area contributed by atoms with Crippen LogP contribution in [0.25, 0.3) is 0 Å². The van der Waals surface area contributed by atoms with Crippen LogP contribution in [-0.2, 0) is 9.47 Å². The average Bonchev–Trinajstić information content (AvgIpc) is 3.31. The summed E-state index contributed by atoms with van der Waals surface area (Å²) in [6.45, 7) is 2.27. The average molecular weight is 331 g/mol. The molecule has 2 aliphatic rings. The van der Waals surface area contributed by atoms with Gasteiger partial charge in [-0.05, 0) is 6.42 Å². The summed E-state index contributed by atoms with van der Waals surface area (Å²) in [5, 5.41) is 0. The molecule has 2 rings (SSSR count). The van der Waals surface area contributed by atoms with Crippen LogP contribution in [-0.4, -0.2) is 20.0 Å². The summed E-state index contributed by atoms with van der Waals surface area (Å²) in [6, 6.07) is 0. The van der Waals surface area contributed by atoms with E-state index in [0.29, 0.717) is 11.8 Å². The second-order valence-electron chi connectivity index (χ2n) is 6.94. The van der Waals surface area contributed by atoms with Gasteiger partial charge < -0.3 is 9.47 Å². The standard InChI is InChI=1S/C22H34O2/c1-4-5-6-7-8-9-18-21(19-14-10-11-15-19)22(23-2,24-3)20-16-12-13-17-20/h10-17,19-21H,4-9,18H2,1-3H3. The van der Waals surface area contributed by atoms with Crippen LogP contribution in [0.15, 0.2) is 48.6 Å². The Labute approximate surface area is 148 Å². The first-order valence-corrected chi connectivity index (χ1v) is 9.58. The molecule has 0 radical (unpaired) electrons. The Bertz CT molecular complexity index is 444. The Morgan fingerprint density at radius 1 is 0.792 bits per heavy atom. The van der Waals surface area contributed by atoms with E-state index in [1.54, 1.807) is 14.2 Å². The molecule has 24 heavy (non-hydrogen) atoms. The maximum atomic E-state index is 6.05. The molecule has 2 nitrogen and oxygen atoms in total. The van der Waals surface area contributed by atoms with Gasteiger partial charge in [0.25, 0.3) is 0 Å². The topological polar surface area (TPSA) is 18.5 Å². The minimum atomic E-state index is -0.587. The Hall–Kier alpha value is -1.12. The zero-order valence-corrected chi connectivity index (χ0v) is 15.6. The van der Waals surface area contributed by atoms with Crippen molar-refractivity contribution >= 4 is 0 Å². The van der Waals surface area contributed by atoms with Crippen molar-refractivity contribution < 1.29 is 9.47 Å². The van der Waals surface area contributed by atoms with Gasteiger partial charge in [0.15, 0.2) is 5.79 Å². The van der Waals surface area contributed by atoms with Crippen molar-refractivity contribution in [3.05, 3.63) is 48.6 Å². The monoisotopic (exact) mass is 330 g/mol. The van der Waals surface area contributed by atoms with Crippen LogP contribution in [0, 0.1) is 17.8 Å². The Balaban J connectivity index is 2.05. The third kappa shape index (κ3) is 4.49. The van der Waals surface area contributed by atoms with Gasteiger partial charge in [0.1, 0.15) is 0 Å². The van der Waals surface area contributed by atoms with E-state index in [9.17, 15) is 0 Å². The van der Waals surface area contributed by atoms with E-state index < -0.39 is 5.79 Å². The van der Waals surface area contributed by atoms with E-state index in [-0.39, 0.29) is 5.92 Å². The first kappa shape index (κ1) is 19.2. The summed E-state index contributed by atoms with van der Waals surface area (Å²) in [6.07, 6.45) is 26.5. The highest BCUT2D eigenvalue weighted by Gasteiger charge is 2.47. The fraction of sp³-hybridized carbons (Fsp3) is 0.636. The first-order chi connectivity index (χ1) is 11.8. The molecule has 0 bridgehead atoms. The summed E-state index contributed by atoms with van der Waals surface area (Å²) >= 11 is 0. The maximum absolute atomic E-state index is 6.05. The maximum Gasteiger partial charge on any atom is 0.180 e. The van der Waals surface area contributed by atoms with Crippen LogP contribution in [0.2, 0.25) is 0 Å². The quantitative estimate of drug-likeness (QED) is 0.331. The third-order valence-corrected chi connectivity index (χ3v) is 5.48. The lowest BCUT2D eigenvalue weighted by molar-refractivity contribution is -0.260. The van der Waals surface area contributed by atoms with Crippen LogP contribution in [0.4, 0.5) is 0 Å². The predicted molar refractivity (Wildman–Crippen MR) is 102 cm³/mol. The Morgan fingerprint density at radius 2 is 1.33 bits per heavy atom. The highest BCUT2D eigenvalue weighted by Crippen LogP contribution is 2.43. The molecule has 0 aliphatic heterocycles. The molecular formula is C22H34O2. The zero-order chi connectivity index (χ0) is 17.3. The molecule has 0 aromatic carbocycles. The van der Waals surface area contributed by atoms with Crippen LogP contribution >= 0.6 is 0 Å². The molecule has 1 unspecified atom stereocenters. The molecule has 134 valence electrons. The van der Waals surface area contributed by atoms with Gasteiger partial charge in [-0.1, -0.05) is 94.1 Å². The summed E-state index contributed by atoms with van der Waals surface area (Å²) in [7, 11) is 3.58. The second-order valence-corrected chi connectivity index (χ2v) is 6.94. The molecule has 0 saturated carbocycles. The molecule has 1 atom stereocenters. The van der Waals surface area contributed by atoms with Crippen molar-refractivity contribution in [2.24, 2.45) is 17.8 Å². The number of unbranched alkanes of at least 4 members (excludes halogenated alkanes) is 5. The Morgan fingerprint density at radius 3 is 1.92 bits per heavy atom. The SMILES string of the molecule is CCCCCCCCC(C1C=CC=C1)C(OC)(OC)C1C=CC=C1. The lowest BCUT2D eigenvalue weighted by Gasteiger charge is -2.43. The van der Waals surface area contributed by atoms with Crippen LogP contribution in [0.3, 0.4) is 0 Å². The molecule has 0 heterocycles. The molecule has 0 saturated heterocycles. The third-order valence-electron chi connectivity index (χ3n) is 5.48. The summed E-state index contributed by atoms with van der Waals surface area (Å²) in [5.74, 6) is 0.311. The number of allylic oxidation sites excluding steroid dienone is 6. The molecular weight excluding hydrogens is 296 g/mol. The normalized spacial score (nSPS) is 19.0. The second kappa shape index (κ2) is 10.0. The van der Waals surface area contributed by atoms with Crippen molar-refractivity contribution in [2.75, 3.05) is 14.2 Å². The largest absolute Gasteiger partial charge is 0.352 e. The van der Waals surface area contributed by atoms with Crippen molar-refractivity contribution in [1.29, 1.82) is 0 Å². The zero-order valence-electron chi connectivity index (χ0n) is 15.6. The number of hydrogen-bond donors (Lipinski definition) is 0. The first-order valence-electron chi connectivity index (χ1n) is 9.58. The van der Waals surface area contributed by atoms with Crippen molar-refractivity contribution in [2.45, 2.75) is 57.7 Å². The van der Waals surface area contributed by atoms with Gasteiger partial charge in [-0.3, -0.25) is 0 Å². The minimum Gasteiger partial charge on any atom is -0.352 e. The van der Waals surface area contributed by atoms with E-state index in [0.717, 1.165) is 6.42 Å². The molecule has 0 aromatic heterocycles. The Kier molecular flexibility index (Phi) is 8.01. The van der Waals surface area contributed by atoms with Crippen molar-refractivity contribution in [1.82, 2.24) is 0 Å². The van der Waals surface area contributed by atoms with Gasteiger partial charge in [-0.2, -0.15) is 0 Å². The molecule has 0 spiro atoms. The van der Waals surface area contributed by atoms with Crippen molar-refractivity contribution in [3.63, 3.8) is 0 Å².